The van der Waals surface area contributed by atoms with E-state index in [0.29, 0.717) is 20.4 Å². The van der Waals surface area contributed by atoms with Gasteiger partial charge in [-0.1, -0.05) is 58.8 Å². The van der Waals surface area contributed by atoms with Crippen LogP contribution in [0.3, 0.4) is 0 Å². The molecule has 70 valence electrons. The van der Waals surface area contributed by atoms with Gasteiger partial charge in [0, 0.05) is 0 Å². The Bertz CT molecular complexity index is 61.4. The van der Waals surface area contributed by atoms with Gasteiger partial charge in [0.2, 0.25) is 0 Å². The van der Waals surface area contributed by atoms with Gasteiger partial charge in [-0.25, -0.2) is 0 Å². The Labute approximate surface area is 88.2 Å². The second-order valence-electron chi connectivity index (χ2n) is 3.83. The molecule has 0 N–H and O–H groups in total. The van der Waals surface area contributed by atoms with Gasteiger partial charge in [-0.3, -0.25) is 0 Å². The summed E-state index contributed by atoms with van der Waals surface area (Å²) in [6, 6.07) is 0. The highest BCUT2D eigenvalue weighted by molar-refractivity contribution is 6.35. The molecule has 0 aliphatic rings. The van der Waals surface area contributed by atoms with E-state index in [4.69, 9.17) is 0 Å². The maximum Gasteiger partial charge on any atom is 0.364 e. The fraction of sp³-hybridized carbons (Fsp3) is 1.00. The first-order chi connectivity index (χ1) is 5.91. The summed E-state index contributed by atoms with van der Waals surface area (Å²) >= 11 is 0.366. The van der Waals surface area contributed by atoms with E-state index in [0.717, 1.165) is 0 Å². The van der Waals surface area contributed by atoms with Crippen molar-refractivity contribution in [3.8, 4) is 0 Å². The molecule has 12 heavy (non-hydrogen) atoms. The van der Waals surface area contributed by atoms with E-state index in [1.54, 1.807) is 9.10 Å². The van der Waals surface area contributed by atoms with Gasteiger partial charge in [0.1, 0.15) is 0 Å². The highest BCUT2D eigenvalue weighted by atomic mass is 24.5. The molecule has 0 heterocycles. The van der Waals surface area contributed by atoms with Gasteiger partial charge < -0.3 is 0 Å². The molecule has 0 bridgehead atoms. The highest BCUT2D eigenvalue weighted by Crippen LogP contribution is 2.06. The third kappa shape index (κ3) is 10.8. The quantitative estimate of drug-likeness (QED) is 0.367. The Balaban J connectivity index is 2.73. The van der Waals surface area contributed by atoms with Crippen LogP contribution in [0.15, 0.2) is 0 Å². The van der Waals surface area contributed by atoms with E-state index in [-0.39, 0.29) is 0 Å². The van der Waals surface area contributed by atoms with E-state index in [2.05, 4.69) is 13.8 Å². The monoisotopic (exact) mass is 180 g/mol. The second-order valence-corrected chi connectivity index (χ2v) is 5.95. The van der Waals surface area contributed by atoms with Crippen LogP contribution in [0.4, 0.5) is 0 Å². The molecule has 0 saturated heterocycles. The first kappa shape index (κ1) is 12.8. The molecule has 0 aliphatic heterocycles. The van der Waals surface area contributed by atoms with Gasteiger partial charge in [-0.15, -0.1) is 9.10 Å². The smallest absolute Gasteiger partial charge is 0.146 e. The van der Waals surface area contributed by atoms with Crippen LogP contribution in [-0.2, 0) is 0 Å². The third-order valence-electron chi connectivity index (χ3n) is 2.46. The van der Waals surface area contributed by atoms with Crippen molar-refractivity contribution < 1.29 is 0 Å². The Hall–Kier alpha value is 0.766. The molecular weight excluding hydrogens is 156 g/mol. The summed E-state index contributed by atoms with van der Waals surface area (Å²) in [6.45, 7) is 4.59. The molecule has 0 radical (unpaired) electrons. The summed E-state index contributed by atoms with van der Waals surface area (Å²) in [6.07, 6.45) is 10.3. The fourth-order valence-electron chi connectivity index (χ4n) is 1.56. The standard InChI is InChI=1S/C7H15.C4H9.Mg/c1-3-5-7-6-4-2;1-3-4-2;/h1,3-7H2,2H3;1,3-4H2,2H3;. The summed E-state index contributed by atoms with van der Waals surface area (Å²) in [7, 11) is 0. The van der Waals surface area contributed by atoms with Crippen LogP contribution in [-0.4, -0.2) is 20.4 Å². The number of unbranched alkanes of at least 4 members (excludes halogenated alkanes) is 5. The maximum absolute atomic E-state index is 2.30. The van der Waals surface area contributed by atoms with Gasteiger partial charge in [-0.2, -0.15) is 0 Å². The van der Waals surface area contributed by atoms with Gasteiger partial charge in [0.25, 0.3) is 0 Å². The summed E-state index contributed by atoms with van der Waals surface area (Å²) in [4.78, 5) is 0. The number of rotatable bonds is 9. The number of hydrogen-bond acceptors (Lipinski definition) is 0. The first-order valence-electron chi connectivity index (χ1n) is 5.91. The van der Waals surface area contributed by atoms with Crippen molar-refractivity contribution in [3.63, 3.8) is 0 Å². The molecular formula is C11H24Mg. The summed E-state index contributed by atoms with van der Waals surface area (Å²) in [5.41, 5.74) is 0. The lowest BCUT2D eigenvalue weighted by molar-refractivity contribution is 0.654. The minimum absolute atomic E-state index is 0.366. The average Bonchev–Trinajstić information content (AvgIpc) is 2.10. The summed E-state index contributed by atoms with van der Waals surface area (Å²) < 4.78 is 3.22. The van der Waals surface area contributed by atoms with E-state index < -0.39 is 0 Å². The zero-order valence-corrected chi connectivity index (χ0v) is 10.5. The predicted octanol–water partition coefficient (Wildman–Crippen LogP) is 4.30. The van der Waals surface area contributed by atoms with E-state index in [1.807, 2.05) is 0 Å². The van der Waals surface area contributed by atoms with Crippen molar-refractivity contribution in [2.24, 2.45) is 0 Å². The van der Waals surface area contributed by atoms with Crippen molar-refractivity contribution in [3.05, 3.63) is 0 Å². The van der Waals surface area contributed by atoms with Crippen molar-refractivity contribution in [2.45, 2.75) is 67.9 Å². The minimum atomic E-state index is 0.366. The van der Waals surface area contributed by atoms with E-state index >= 15 is 0 Å². The molecule has 0 spiro atoms. The lowest BCUT2D eigenvalue weighted by Crippen LogP contribution is -1.88. The Morgan fingerprint density at radius 2 is 1.25 bits per heavy atom. The molecule has 1 heteroatoms. The molecule has 0 fully saturated rings. The zero-order valence-electron chi connectivity index (χ0n) is 9.07. The molecule has 0 unspecified atom stereocenters. The van der Waals surface area contributed by atoms with Crippen LogP contribution >= 0.6 is 0 Å². The molecule has 0 aromatic rings. The molecule has 0 amide bonds. The Kier molecular flexibility index (Phi) is 12.5. The van der Waals surface area contributed by atoms with E-state index in [9.17, 15) is 0 Å². The topological polar surface area (TPSA) is 0 Å². The minimum Gasteiger partial charge on any atom is -0.146 e. The molecule has 0 saturated carbocycles. The van der Waals surface area contributed by atoms with Crippen molar-refractivity contribution in [1.82, 2.24) is 0 Å². The Morgan fingerprint density at radius 3 is 1.92 bits per heavy atom. The fourth-order valence-corrected chi connectivity index (χ4v) is 3.47. The first-order valence-corrected chi connectivity index (χ1v) is 7.91. The van der Waals surface area contributed by atoms with E-state index in [1.165, 1.54) is 44.9 Å². The van der Waals surface area contributed by atoms with Crippen LogP contribution in [0, 0.1) is 0 Å². The van der Waals surface area contributed by atoms with Crippen molar-refractivity contribution in [1.29, 1.82) is 0 Å². The van der Waals surface area contributed by atoms with Crippen LogP contribution in [0.25, 0.3) is 0 Å². The van der Waals surface area contributed by atoms with Crippen LogP contribution in [0.2, 0.25) is 9.10 Å². The normalized spacial score (nSPS) is 9.83. The van der Waals surface area contributed by atoms with Crippen molar-refractivity contribution in [2.75, 3.05) is 0 Å². The second kappa shape index (κ2) is 11.8. The molecule has 0 rings (SSSR count). The largest absolute Gasteiger partial charge is 0.364 e. The lowest BCUT2D eigenvalue weighted by Gasteiger charge is -1.98. The summed E-state index contributed by atoms with van der Waals surface area (Å²) in [5, 5.41) is 0. The van der Waals surface area contributed by atoms with Gasteiger partial charge in [0.15, 0.2) is 0 Å². The molecule has 0 aromatic heterocycles. The molecule has 0 aliphatic carbocycles. The number of hydrogen-bond donors (Lipinski definition) is 0. The van der Waals surface area contributed by atoms with Gasteiger partial charge in [-0.05, 0) is 0 Å². The third-order valence-corrected chi connectivity index (χ3v) is 4.46. The zero-order chi connectivity index (χ0) is 9.07. The maximum atomic E-state index is 2.30. The molecule has 0 aromatic carbocycles. The van der Waals surface area contributed by atoms with Crippen LogP contribution < -0.4 is 0 Å². The molecule has 0 atom stereocenters. The summed E-state index contributed by atoms with van der Waals surface area (Å²) in [5.74, 6) is 0. The Morgan fingerprint density at radius 1 is 0.667 bits per heavy atom. The predicted molar refractivity (Wildman–Crippen MR) is 59.0 cm³/mol. The van der Waals surface area contributed by atoms with Gasteiger partial charge >= 0.3 is 20.4 Å². The van der Waals surface area contributed by atoms with Crippen LogP contribution in [0.1, 0.15) is 58.8 Å². The van der Waals surface area contributed by atoms with Gasteiger partial charge in [0.05, 0.1) is 0 Å². The lowest BCUT2D eigenvalue weighted by atomic mass is 10.2. The average molecular weight is 181 g/mol. The van der Waals surface area contributed by atoms with Crippen molar-refractivity contribution >= 4 is 20.4 Å². The van der Waals surface area contributed by atoms with Crippen LogP contribution in [0.5, 0.6) is 0 Å². The highest BCUT2D eigenvalue weighted by Gasteiger charge is 1.94. The SMILES string of the molecule is CCCCCC[CH2][Mg][CH2]CCC. The molecule has 0 nitrogen and oxygen atoms in total.